The summed E-state index contributed by atoms with van der Waals surface area (Å²) in [6, 6.07) is 9.28. The Balaban J connectivity index is 2.17. The highest BCUT2D eigenvalue weighted by atomic mass is 19.4. The molecule has 0 aliphatic carbocycles. The minimum atomic E-state index is -4.37. The molecular weight excluding hydrogens is 233 g/mol. The Morgan fingerprint density at radius 2 is 1.82 bits per heavy atom. The van der Waals surface area contributed by atoms with Gasteiger partial charge in [0.05, 0.1) is 6.54 Å². The van der Waals surface area contributed by atoms with E-state index >= 15 is 0 Å². The molecule has 6 heteroatoms. The number of hydrogen-bond donors (Lipinski definition) is 2. The number of halogens is 3. The van der Waals surface area contributed by atoms with Crippen molar-refractivity contribution in [2.24, 2.45) is 0 Å². The number of hydrogen-bond acceptors (Lipinski definition) is 2. The van der Waals surface area contributed by atoms with Gasteiger partial charge in [-0.1, -0.05) is 30.3 Å². The van der Waals surface area contributed by atoms with Gasteiger partial charge in [-0.2, -0.15) is 13.2 Å². The summed E-state index contributed by atoms with van der Waals surface area (Å²) in [4.78, 5) is 11.0. The number of benzene rings is 1. The molecule has 0 aromatic heterocycles. The Morgan fingerprint density at radius 3 is 2.41 bits per heavy atom. The van der Waals surface area contributed by atoms with Gasteiger partial charge in [-0.25, -0.2) is 0 Å². The zero-order valence-electron chi connectivity index (χ0n) is 9.05. The lowest BCUT2D eigenvalue weighted by atomic mass is 10.2. The van der Waals surface area contributed by atoms with E-state index in [9.17, 15) is 18.0 Å². The maximum atomic E-state index is 11.8. The maximum absolute atomic E-state index is 11.8. The molecular formula is C11H13F3N2O. The maximum Gasteiger partial charge on any atom is 0.405 e. The van der Waals surface area contributed by atoms with Crippen molar-refractivity contribution in [3.8, 4) is 0 Å². The first-order valence-corrected chi connectivity index (χ1v) is 5.05. The van der Waals surface area contributed by atoms with E-state index in [4.69, 9.17) is 0 Å². The second kappa shape index (κ2) is 6.24. The summed E-state index contributed by atoms with van der Waals surface area (Å²) in [7, 11) is 0. The Labute approximate surface area is 97.0 Å². The van der Waals surface area contributed by atoms with E-state index in [-0.39, 0.29) is 6.54 Å². The van der Waals surface area contributed by atoms with E-state index in [2.05, 4.69) is 5.32 Å². The van der Waals surface area contributed by atoms with E-state index in [1.54, 1.807) is 5.32 Å². The van der Waals surface area contributed by atoms with E-state index in [0.29, 0.717) is 6.54 Å². The molecule has 0 unspecified atom stereocenters. The third-order valence-corrected chi connectivity index (χ3v) is 1.94. The van der Waals surface area contributed by atoms with Crippen LogP contribution in [-0.4, -0.2) is 25.2 Å². The van der Waals surface area contributed by atoms with Crippen LogP contribution >= 0.6 is 0 Å². The summed E-state index contributed by atoms with van der Waals surface area (Å²) >= 11 is 0. The average molecular weight is 246 g/mol. The second-order valence-electron chi connectivity index (χ2n) is 3.48. The van der Waals surface area contributed by atoms with Crippen LogP contribution in [-0.2, 0) is 11.3 Å². The van der Waals surface area contributed by atoms with Crippen LogP contribution in [0.25, 0.3) is 0 Å². The molecule has 0 saturated carbocycles. The third-order valence-electron chi connectivity index (χ3n) is 1.94. The largest absolute Gasteiger partial charge is 0.405 e. The van der Waals surface area contributed by atoms with Gasteiger partial charge in [-0.05, 0) is 5.56 Å². The van der Waals surface area contributed by atoms with Crippen molar-refractivity contribution >= 4 is 5.91 Å². The second-order valence-corrected chi connectivity index (χ2v) is 3.48. The highest BCUT2D eigenvalue weighted by Crippen LogP contribution is 2.11. The van der Waals surface area contributed by atoms with Crippen molar-refractivity contribution in [3.05, 3.63) is 35.9 Å². The van der Waals surface area contributed by atoms with Crippen molar-refractivity contribution < 1.29 is 18.0 Å². The molecule has 0 spiro atoms. The Morgan fingerprint density at radius 1 is 1.18 bits per heavy atom. The fraction of sp³-hybridized carbons (Fsp3) is 0.364. The lowest BCUT2D eigenvalue weighted by Gasteiger charge is -2.09. The van der Waals surface area contributed by atoms with Crippen molar-refractivity contribution in [2.45, 2.75) is 12.7 Å². The first-order chi connectivity index (χ1) is 7.97. The van der Waals surface area contributed by atoms with Crippen LogP contribution in [0.1, 0.15) is 5.56 Å². The molecule has 0 saturated heterocycles. The molecule has 0 heterocycles. The average Bonchev–Trinajstić information content (AvgIpc) is 2.27. The molecule has 94 valence electrons. The van der Waals surface area contributed by atoms with Gasteiger partial charge in [0, 0.05) is 6.54 Å². The molecule has 17 heavy (non-hydrogen) atoms. The van der Waals surface area contributed by atoms with Crippen LogP contribution in [0.2, 0.25) is 0 Å². The van der Waals surface area contributed by atoms with Crippen LogP contribution < -0.4 is 10.6 Å². The number of nitrogens with one attached hydrogen (secondary N) is 2. The Bertz CT molecular complexity index is 351. The topological polar surface area (TPSA) is 41.1 Å². The van der Waals surface area contributed by atoms with Crippen molar-refractivity contribution in [2.75, 3.05) is 13.1 Å². The molecule has 1 aromatic carbocycles. The zero-order chi connectivity index (χ0) is 12.7. The van der Waals surface area contributed by atoms with Crippen molar-refractivity contribution in [1.82, 2.24) is 10.6 Å². The van der Waals surface area contributed by atoms with Gasteiger partial charge < -0.3 is 10.6 Å². The van der Waals surface area contributed by atoms with Gasteiger partial charge in [-0.15, -0.1) is 0 Å². The zero-order valence-corrected chi connectivity index (χ0v) is 9.05. The number of carbonyl (C=O) groups excluding carboxylic acids is 1. The van der Waals surface area contributed by atoms with E-state index in [1.807, 2.05) is 30.3 Å². The van der Waals surface area contributed by atoms with E-state index < -0.39 is 18.6 Å². The lowest BCUT2D eigenvalue weighted by molar-refractivity contribution is -0.137. The number of rotatable bonds is 5. The van der Waals surface area contributed by atoms with Crippen LogP contribution in [0.3, 0.4) is 0 Å². The van der Waals surface area contributed by atoms with Gasteiger partial charge in [0.1, 0.15) is 6.54 Å². The predicted octanol–water partition coefficient (Wildman–Crippen LogP) is 1.45. The molecule has 2 N–H and O–H groups in total. The fourth-order valence-electron chi connectivity index (χ4n) is 1.18. The van der Waals surface area contributed by atoms with Crippen LogP contribution in [0, 0.1) is 0 Å². The molecule has 1 aromatic rings. The highest BCUT2D eigenvalue weighted by molar-refractivity contribution is 5.77. The minimum Gasteiger partial charge on any atom is -0.346 e. The van der Waals surface area contributed by atoms with Crippen molar-refractivity contribution in [1.29, 1.82) is 0 Å². The summed E-state index contributed by atoms with van der Waals surface area (Å²) < 4.78 is 35.3. The third kappa shape index (κ3) is 6.57. The first kappa shape index (κ1) is 13.5. The summed E-state index contributed by atoms with van der Waals surface area (Å²) in [6.45, 7) is -0.982. The molecule has 3 nitrogen and oxygen atoms in total. The van der Waals surface area contributed by atoms with Gasteiger partial charge in [0.2, 0.25) is 5.91 Å². The first-order valence-electron chi connectivity index (χ1n) is 5.05. The standard InChI is InChI=1S/C11H13F3N2O/c12-11(13,14)8-16-10(17)7-15-6-9-4-2-1-3-5-9/h1-5,15H,6-8H2,(H,16,17). The monoisotopic (exact) mass is 246 g/mol. The molecule has 0 radical (unpaired) electrons. The van der Waals surface area contributed by atoms with Gasteiger partial charge >= 0.3 is 6.18 Å². The van der Waals surface area contributed by atoms with Crippen LogP contribution in [0.5, 0.6) is 0 Å². The smallest absolute Gasteiger partial charge is 0.346 e. The summed E-state index contributed by atoms with van der Waals surface area (Å²) in [6.07, 6.45) is -4.37. The normalized spacial score (nSPS) is 11.2. The fourth-order valence-corrected chi connectivity index (χ4v) is 1.18. The summed E-state index contributed by atoms with van der Waals surface area (Å²) in [5.41, 5.74) is 0.969. The lowest BCUT2D eigenvalue weighted by Crippen LogP contribution is -2.39. The SMILES string of the molecule is O=C(CNCc1ccccc1)NCC(F)(F)F. The predicted molar refractivity (Wildman–Crippen MR) is 57.2 cm³/mol. The molecule has 0 fully saturated rings. The number of alkyl halides is 3. The van der Waals surface area contributed by atoms with Crippen LogP contribution in [0.4, 0.5) is 13.2 Å². The molecule has 0 aliphatic heterocycles. The van der Waals surface area contributed by atoms with E-state index in [0.717, 1.165) is 5.56 Å². The quantitative estimate of drug-likeness (QED) is 0.825. The highest BCUT2D eigenvalue weighted by Gasteiger charge is 2.27. The summed E-state index contributed by atoms with van der Waals surface area (Å²) in [5, 5.41) is 4.54. The molecule has 1 rings (SSSR count). The van der Waals surface area contributed by atoms with Crippen molar-refractivity contribution in [3.63, 3.8) is 0 Å². The molecule has 0 bridgehead atoms. The minimum absolute atomic E-state index is 0.134. The van der Waals surface area contributed by atoms with Gasteiger partial charge in [0.25, 0.3) is 0 Å². The van der Waals surface area contributed by atoms with Gasteiger partial charge in [-0.3, -0.25) is 4.79 Å². The van der Waals surface area contributed by atoms with Gasteiger partial charge in [0.15, 0.2) is 0 Å². The molecule has 0 aliphatic rings. The molecule has 1 amide bonds. The Hall–Kier alpha value is -1.56. The van der Waals surface area contributed by atoms with Crippen LogP contribution in [0.15, 0.2) is 30.3 Å². The molecule has 0 atom stereocenters. The van der Waals surface area contributed by atoms with E-state index in [1.165, 1.54) is 0 Å². The number of carbonyl (C=O) groups is 1. The summed E-state index contributed by atoms with van der Waals surface area (Å²) in [5.74, 6) is -0.668. The number of amides is 1. The Kier molecular flexibility index (Phi) is 4.96.